The van der Waals surface area contributed by atoms with Crippen LogP contribution in [0.1, 0.15) is 29.8 Å². The normalized spacial score (nSPS) is 13.3. The molecular formula is C21H24N2O3S. The third-order valence-corrected chi connectivity index (χ3v) is 6.45. The highest BCUT2D eigenvalue weighted by molar-refractivity contribution is 7.92. The van der Waals surface area contributed by atoms with Gasteiger partial charge in [-0.15, -0.1) is 0 Å². The molecule has 0 bridgehead atoms. The van der Waals surface area contributed by atoms with E-state index in [4.69, 9.17) is 0 Å². The number of likely N-dealkylation sites (N-methyl/N-ethyl adjacent to an activating group) is 1. The van der Waals surface area contributed by atoms with Crippen molar-refractivity contribution in [3.05, 3.63) is 71.8 Å². The lowest BCUT2D eigenvalue weighted by molar-refractivity contribution is 0.0778. The molecule has 1 aliphatic rings. The van der Waals surface area contributed by atoms with Gasteiger partial charge in [-0.3, -0.25) is 9.10 Å². The fraction of sp³-hybridized carbons (Fsp3) is 0.286. The maximum Gasteiger partial charge on any atom is 0.264 e. The molecule has 1 aliphatic heterocycles. The van der Waals surface area contributed by atoms with E-state index >= 15 is 0 Å². The Morgan fingerprint density at radius 3 is 2.63 bits per heavy atom. The van der Waals surface area contributed by atoms with Crippen LogP contribution in [0.25, 0.3) is 0 Å². The highest BCUT2D eigenvalue weighted by Crippen LogP contribution is 2.32. The van der Waals surface area contributed by atoms with Crippen LogP contribution in [-0.4, -0.2) is 38.9 Å². The van der Waals surface area contributed by atoms with Gasteiger partial charge in [-0.05, 0) is 50.1 Å². The molecule has 2 aromatic carbocycles. The first-order valence-electron chi connectivity index (χ1n) is 8.99. The Morgan fingerprint density at radius 1 is 1.19 bits per heavy atom. The van der Waals surface area contributed by atoms with E-state index in [0.29, 0.717) is 37.3 Å². The van der Waals surface area contributed by atoms with Crippen LogP contribution < -0.4 is 4.31 Å². The molecule has 0 saturated carbocycles. The van der Waals surface area contributed by atoms with E-state index in [2.05, 4.69) is 6.58 Å². The fourth-order valence-electron chi connectivity index (χ4n) is 3.31. The molecule has 142 valence electrons. The fourth-order valence-corrected chi connectivity index (χ4v) is 4.86. The Bertz CT molecular complexity index is 982. The molecule has 0 saturated heterocycles. The number of amides is 1. The second-order valence-electron chi connectivity index (χ2n) is 6.76. The van der Waals surface area contributed by atoms with Crippen molar-refractivity contribution in [1.29, 1.82) is 0 Å². The minimum Gasteiger partial charge on any atom is -0.335 e. The van der Waals surface area contributed by atoms with Gasteiger partial charge in [-0.2, -0.15) is 0 Å². The number of nitrogens with zero attached hydrogens (tertiary/aromatic N) is 2. The van der Waals surface area contributed by atoms with Gasteiger partial charge in [0, 0.05) is 25.2 Å². The predicted molar refractivity (Wildman–Crippen MR) is 108 cm³/mol. The number of benzene rings is 2. The van der Waals surface area contributed by atoms with E-state index in [1.807, 2.05) is 38.1 Å². The lowest BCUT2D eigenvalue weighted by atomic mass is 10.2. The summed E-state index contributed by atoms with van der Waals surface area (Å²) in [6, 6.07) is 13.8. The molecule has 0 aliphatic carbocycles. The Hall–Kier alpha value is -2.60. The third kappa shape index (κ3) is 3.76. The predicted octanol–water partition coefficient (Wildman–Crippen LogP) is 3.48. The first kappa shape index (κ1) is 19.2. The van der Waals surface area contributed by atoms with Crippen LogP contribution in [-0.2, 0) is 16.4 Å². The molecule has 2 aromatic rings. The van der Waals surface area contributed by atoms with Crippen molar-refractivity contribution in [3.8, 4) is 0 Å². The van der Waals surface area contributed by atoms with Crippen molar-refractivity contribution in [2.75, 3.05) is 23.9 Å². The number of carbonyl (C=O) groups is 1. The van der Waals surface area contributed by atoms with Gasteiger partial charge in [0.05, 0.1) is 10.6 Å². The minimum atomic E-state index is -3.72. The molecule has 0 unspecified atom stereocenters. The second kappa shape index (κ2) is 7.56. The van der Waals surface area contributed by atoms with Crippen molar-refractivity contribution in [2.24, 2.45) is 0 Å². The van der Waals surface area contributed by atoms with E-state index in [-0.39, 0.29) is 10.8 Å². The zero-order valence-corrected chi connectivity index (χ0v) is 16.5. The molecule has 0 fully saturated rings. The number of rotatable bonds is 6. The first-order chi connectivity index (χ1) is 12.8. The Kier molecular flexibility index (Phi) is 5.37. The standard InChI is InChI=1S/C21H24N2O3S/c1-4-22(15-16(2)3)21(24)18-9-7-10-19(14-18)27(25,26)23-13-12-17-8-5-6-11-20(17)23/h5-11,14H,2,4,12-13,15H2,1,3H3. The zero-order valence-electron chi connectivity index (χ0n) is 15.7. The molecule has 1 amide bonds. The average Bonchev–Trinajstić information content (AvgIpc) is 3.10. The number of anilines is 1. The maximum absolute atomic E-state index is 13.2. The van der Waals surface area contributed by atoms with Gasteiger partial charge in [-0.25, -0.2) is 8.42 Å². The molecule has 5 nitrogen and oxygen atoms in total. The largest absolute Gasteiger partial charge is 0.335 e. The summed E-state index contributed by atoms with van der Waals surface area (Å²) < 4.78 is 27.8. The Balaban J connectivity index is 1.93. The summed E-state index contributed by atoms with van der Waals surface area (Å²) in [5.74, 6) is -0.195. The van der Waals surface area contributed by atoms with Crippen molar-refractivity contribution >= 4 is 21.6 Å². The van der Waals surface area contributed by atoms with Gasteiger partial charge >= 0.3 is 0 Å². The number of para-hydroxylation sites is 1. The number of hydrogen-bond acceptors (Lipinski definition) is 3. The summed E-state index contributed by atoms with van der Waals surface area (Å²) in [5, 5.41) is 0. The molecule has 1 heterocycles. The van der Waals surface area contributed by atoms with E-state index in [9.17, 15) is 13.2 Å². The van der Waals surface area contributed by atoms with Crippen LogP contribution in [0, 0.1) is 0 Å². The van der Waals surface area contributed by atoms with Gasteiger partial charge in [0.2, 0.25) is 0 Å². The number of carbonyl (C=O) groups excluding carboxylic acids is 1. The smallest absolute Gasteiger partial charge is 0.264 e. The molecular weight excluding hydrogens is 360 g/mol. The summed E-state index contributed by atoms with van der Waals surface area (Å²) in [6.45, 7) is 9.00. The van der Waals surface area contributed by atoms with E-state index in [1.165, 1.54) is 10.4 Å². The van der Waals surface area contributed by atoms with Crippen LogP contribution in [0.2, 0.25) is 0 Å². The van der Waals surface area contributed by atoms with Crippen LogP contribution in [0.15, 0.2) is 65.6 Å². The molecule has 0 atom stereocenters. The third-order valence-electron chi connectivity index (χ3n) is 4.64. The molecule has 0 spiro atoms. The average molecular weight is 385 g/mol. The lowest BCUT2D eigenvalue weighted by Gasteiger charge is -2.22. The summed E-state index contributed by atoms with van der Waals surface area (Å²) >= 11 is 0. The molecule has 3 rings (SSSR count). The number of sulfonamides is 1. The zero-order chi connectivity index (χ0) is 19.6. The van der Waals surface area contributed by atoms with E-state index in [0.717, 1.165) is 11.1 Å². The lowest BCUT2D eigenvalue weighted by Crippen LogP contribution is -2.33. The second-order valence-corrected chi connectivity index (χ2v) is 8.62. The molecule has 0 radical (unpaired) electrons. The van der Waals surface area contributed by atoms with E-state index < -0.39 is 10.0 Å². The highest BCUT2D eigenvalue weighted by atomic mass is 32.2. The SMILES string of the molecule is C=C(C)CN(CC)C(=O)c1cccc(S(=O)(=O)N2CCc3ccccc32)c1. The van der Waals surface area contributed by atoms with Crippen LogP contribution >= 0.6 is 0 Å². The first-order valence-corrected chi connectivity index (χ1v) is 10.4. The molecule has 0 aromatic heterocycles. The highest BCUT2D eigenvalue weighted by Gasteiger charge is 2.31. The Labute approximate surface area is 161 Å². The van der Waals surface area contributed by atoms with Gasteiger partial charge in [0.15, 0.2) is 0 Å². The summed E-state index contributed by atoms with van der Waals surface area (Å²) in [7, 11) is -3.72. The number of fused-ring (bicyclic) bond motifs is 1. The molecule has 0 N–H and O–H groups in total. The quantitative estimate of drug-likeness (QED) is 0.717. The van der Waals surface area contributed by atoms with E-state index in [1.54, 1.807) is 23.1 Å². The van der Waals surface area contributed by atoms with Gasteiger partial charge in [0.1, 0.15) is 0 Å². The summed E-state index contributed by atoms with van der Waals surface area (Å²) in [4.78, 5) is 14.6. The van der Waals surface area contributed by atoms with Gasteiger partial charge in [0.25, 0.3) is 15.9 Å². The van der Waals surface area contributed by atoms with Crippen molar-refractivity contribution in [1.82, 2.24) is 4.90 Å². The van der Waals surface area contributed by atoms with Gasteiger partial charge in [-0.1, -0.05) is 36.4 Å². The van der Waals surface area contributed by atoms with Crippen molar-refractivity contribution in [2.45, 2.75) is 25.2 Å². The van der Waals surface area contributed by atoms with Crippen LogP contribution in [0.4, 0.5) is 5.69 Å². The van der Waals surface area contributed by atoms with Crippen LogP contribution in [0.3, 0.4) is 0 Å². The van der Waals surface area contributed by atoms with Crippen molar-refractivity contribution in [3.63, 3.8) is 0 Å². The Morgan fingerprint density at radius 2 is 1.93 bits per heavy atom. The number of hydrogen-bond donors (Lipinski definition) is 0. The van der Waals surface area contributed by atoms with Crippen LogP contribution in [0.5, 0.6) is 0 Å². The monoisotopic (exact) mass is 384 g/mol. The molecule has 6 heteroatoms. The van der Waals surface area contributed by atoms with Crippen molar-refractivity contribution < 1.29 is 13.2 Å². The minimum absolute atomic E-state index is 0.136. The maximum atomic E-state index is 13.2. The van der Waals surface area contributed by atoms with Gasteiger partial charge < -0.3 is 4.90 Å². The molecule has 27 heavy (non-hydrogen) atoms. The summed E-state index contributed by atoms with van der Waals surface area (Å²) in [5.41, 5.74) is 2.98. The topological polar surface area (TPSA) is 57.7 Å². The summed E-state index contributed by atoms with van der Waals surface area (Å²) in [6.07, 6.45) is 0.691.